The van der Waals surface area contributed by atoms with Gasteiger partial charge in [0.2, 0.25) is 6.41 Å². The van der Waals surface area contributed by atoms with E-state index in [-0.39, 0.29) is 12.2 Å². The van der Waals surface area contributed by atoms with Crippen molar-refractivity contribution in [3.8, 4) is 0 Å². The summed E-state index contributed by atoms with van der Waals surface area (Å²) in [7, 11) is 0. The number of nitrogens with one attached hydrogen (secondary N) is 1. The molecule has 1 aliphatic heterocycles. The molecular formula is C16H19N3O3. The highest BCUT2D eigenvalue weighted by Crippen LogP contribution is 2.43. The zero-order valence-corrected chi connectivity index (χ0v) is 12.1. The molecule has 4 rings (SSSR count). The van der Waals surface area contributed by atoms with Crippen LogP contribution in [0.1, 0.15) is 34.9 Å². The first-order valence-electron chi connectivity index (χ1n) is 7.34. The molecule has 116 valence electrons. The first kappa shape index (κ1) is 14.6. The molecule has 2 aliphatic rings. The van der Waals surface area contributed by atoms with Gasteiger partial charge in [-0.15, -0.1) is 0 Å². The maximum Gasteiger partial charge on any atom is 0.284 e. The zero-order chi connectivity index (χ0) is 15.7. The second-order valence-corrected chi connectivity index (χ2v) is 5.85. The zero-order valence-electron chi connectivity index (χ0n) is 12.1. The summed E-state index contributed by atoms with van der Waals surface area (Å²) in [6.45, 7) is 1.13. The number of benzene rings is 1. The third-order valence-corrected chi connectivity index (χ3v) is 4.57. The van der Waals surface area contributed by atoms with Gasteiger partial charge in [-0.2, -0.15) is 0 Å². The molecule has 1 aliphatic carbocycles. The lowest BCUT2D eigenvalue weighted by Crippen LogP contribution is -2.28. The van der Waals surface area contributed by atoms with Gasteiger partial charge in [-0.05, 0) is 55.0 Å². The van der Waals surface area contributed by atoms with Gasteiger partial charge in [0.05, 0.1) is 0 Å². The molecule has 0 radical (unpaired) electrons. The Balaban J connectivity index is 0.000000446. The van der Waals surface area contributed by atoms with Crippen LogP contribution in [0.15, 0.2) is 28.7 Å². The van der Waals surface area contributed by atoms with E-state index in [1.54, 1.807) is 6.07 Å². The number of amides is 2. The fourth-order valence-electron chi connectivity index (χ4n) is 3.66. The number of carbonyl (C=O) groups is 2. The van der Waals surface area contributed by atoms with Gasteiger partial charge in [0.15, 0.2) is 5.76 Å². The minimum absolute atomic E-state index is 0.238. The van der Waals surface area contributed by atoms with E-state index in [1.807, 2.05) is 6.07 Å². The van der Waals surface area contributed by atoms with Gasteiger partial charge >= 0.3 is 0 Å². The first-order chi connectivity index (χ1) is 10.6. The number of piperidine rings is 1. The molecule has 1 saturated heterocycles. The Kier molecular flexibility index (Phi) is 3.85. The average molecular weight is 301 g/mol. The van der Waals surface area contributed by atoms with Crippen LogP contribution in [0.2, 0.25) is 0 Å². The SMILES string of the molecule is NC(=O)c1cc2cc(C3CC4CC3CN4)ccc2o1.NC=O. The van der Waals surface area contributed by atoms with Gasteiger partial charge < -0.3 is 21.2 Å². The maximum absolute atomic E-state index is 11.1. The van der Waals surface area contributed by atoms with Crippen molar-refractivity contribution in [3.63, 3.8) is 0 Å². The van der Waals surface area contributed by atoms with E-state index in [1.165, 1.54) is 18.4 Å². The van der Waals surface area contributed by atoms with E-state index in [0.717, 1.165) is 23.4 Å². The summed E-state index contributed by atoms with van der Waals surface area (Å²) >= 11 is 0. The monoisotopic (exact) mass is 301 g/mol. The van der Waals surface area contributed by atoms with Gasteiger partial charge in [-0.1, -0.05) is 6.07 Å². The summed E-state index contributed by atoms with van der Waals surface area (Å²) in [5.41, 5.74) is 11.5. The lowest BCUT2D eigenvalue weighted by Gasteiger charge is -2.22. The standard InChI is InChI=1S/C15H16N2O2.CH3NO/c16-15(18)14-5-9-3-8(1-2-13(9)19-14)12-6-11-4-10(12)7-17-11;2-1-3/h1-3,5,10-12,17H,4,6-7H2,(H2,16,18);1H,(H2,2,3). The number of primary amides is 2. The molecule has 0 spiro atoms. The van der Waals surface area contributed by atoms with E-state index in [0.29, 0.717) is 12.0 Å². The Morgan fingerprint density at radius 1 is 1.32 bits per heavy atom. The van der Waals surface area contributed by atoms with Crippen LogP contribution in [-0.4, -0.2) is 24.9 Å². The Morgan fingerprint density at radius 2 is 2.09 bits per heavy atom. The lowest BCUT2D eigenvalue weighted by molar-refractivity contribution is -0.106. The number of carbonyl (C=O) groups excluding carboxylic acids is 2. The van der Waals surface area contributed by atoms with Gasteiger partial charge in [-0.3, -0.25) is 9.59 Å². The van der Waals surface area contributed by atoms with Crippen LogP contribution in [-0.2, 0) is 4.79 Å². The number of fused-ring (bicyclic) bond motifs is 3. The molecule has 1 aromatic heterocycles. The normalized spacial score (nSPS) is 25.7. The molecular weight excluding hydrogens is 282 g/mol. The fraction of sp³-hybridized carbons (Fsp3) is 0.375. The predicted molar refractivity (Wildman–Crippen MR) is 82.2 cm³/mol. The lowest BCUT2D eigenvalue weighted by atomic mass is 9.87. The molecule has 6 heteroatoms. The van der Waals surface area contributed by atoms with Crippen molar-refractivity contribution < 1.29 is 14.0 Å². The second kappa shape index (κ2) is 5.81. The minimum Gasteiger partial charge on any atom is -0.451 e. The molecule has 2 heterocycles. The molecule has 6 nitrogen and oxygen atoms in total. The largest absolute Gasteiger partial charge is 0.451 e. The van der Waals surface area contributed by atoms with Crippen LogP contribution >= 0.6 is 0 Å². The van der Waals surface area contributed by atoms with Crippen molar-refractivity contribution in [2.75, 3.05) is 6.54 Å². The van der Waals surface area contributed by atoms with Gasteiger partial charge in [0, 0.05) is 11.4 Å². The number of hydrogen-bond acceptors (Lipinski definition) is 4. The van der Waals surface area contributed by atoms with Crippen molar-refractivity contribution in [1.29, 1.82) is 0 Å². The van der Waals surface area contributed by atoms with E-state index < -0.39 is 5.91 Å². The number of hydrogen-bond donors (Lipinski definition) is 3. The number of furan rings is 1. The molecule has 3 unspecified atom stereocenters. The third-order valence-electron chi connectivity index (χ3n) is 4.57. The molecule has 2 bridgehead atoms. The van der Waals surface area contributed by atoms with Crippen LogP contribution in [0.4, 0.5) is 0 Å². The average Bonchev–Trinajstić information content (AvgIpc) is 3.21. The molecule has 3 atom stereocenters. The minimum atomic E-state index is -0.512. The van der Waals surface area contributed by atoms with Crippen molar-refractivity contribution in [3.05, 3.63) is 35.6 Å². The molecule has 2 fully saturated rings. The van der Waals surface area contributed by atoms with E-state index in [9.17, 15) is 4.79 Å². The summed E-state index contributed by atoms with van der Waals surface area (Å²) < 4.78 is 5.42. The third kappa shape index (κ3) is 2.57. The van der Waals surface area contributed by atoms with Crippen LogP contribution < -0.4 is 16.8 Å². The van der Waals surface area contributed by atoms with Gasteiger partial charge in [0.1, 0.15) is 5.58 Å². The number of rotatable bonds is 2. The highest BCUT2D eigenvalue weighted by molar-refractivity contribution is 5.95. The first-order valence-corrected chi connectivity index (χ1v) is 7.34. The van der Waals surface area contributed by atoms with Crippen molar-refractivity contribution in [2.45, 2.75) is 24.8 Å². The quantitative estimate of drug-likeness (QED) is 0.721. The highest BCUT2D eigenvalue weighted by Gasteiger charge is 2.39. The summed E-state index contributed by atoms with van der Waals surface area (Å²) in [4.78, 5) is 19.7. The topological polar surface area (TPSA) is 111 Å². The van der Waals surface area contributed by atoms with Crippen LogP contribution in [0.3, 0.4) is 0 Å². The van der Waals surface area contributed by atoms with Crippen molar-refractivity contribution >= 4 is 23.3 Å². The summed E-state index contributed by atoms with van der Waals surface area (Å²) in [5.74, 6) is 1.12. The van der Waals surface area contributed by atoms with E-state index >= 15 is 0 Å². The summed E-state index contributed by atoms with van der Waals surface area (Å²) in [6, 6.07) is 8.66. The predicted octanol–water partition coefficient (Wildman–Crippen LogP) is 1.10. The van der Waals surface area contributed by atoms with Crippen LogP contribution in [0.5, 0.6) is 0 Å². The second-order valence-electron chi connectivity index (χ2n) is 5.85. The molecule has 5 N–H and O–H groups in total. The fourth-order valence-corrected chi connectivity index (χ4v) is 3.66. The highest BCUT2D eigenvalue weighted by atomic mass is 16.3. The molecule has 1 saturated carbocycles. The van der Waals surface area contributed by atoms with Crippen molar-refractivity contribution in [1.82, 2.24) is 5.32 Å². The van der Waals surface area contributed by atoms with Crippen LogP contribution in [0.25, 0.3) is 11.0 Å². The Hall–Kier alpha value is -2.34. The molecule has 2 amide bonds. The van der Waals surface area contributed by atoms with Gasteiger partial charge in [0.25, 0.3) is 5.91 Å². The van der Waals surface area contributed by atoms with E-state index in [4.69, 9.17) is 14.9 Å². The van der Waals surface area contributed by atoms with Crippen LogP contribution in [0, 0.1) is 5.92 Å². The van der Waals surface area contributed by atoms with E-state index in [2.05, 4.69) is 23.2 Å². The van der Waals surface area contributed by atoms with Crippen molar-refractivity contribution in [2.24, 2.45) is 17.4 Å². The van der Waals surface area contributed by atoms with Gasteiger partial charge in [-0.25, -0.2) is 0 Å². The number of nitrogens with two attached hydrogens (primary N) is 2. The molecule has 2 aromatic rings. The Morgan fingerprint density at radius 3 is 2.68 bits per heavy atom. The maximum atomic E-state index is 11.1. The Bertz CT molecular complexity index is 710. The Labute approximate surface area is 127 Å². The molecule has 22 heavy (non-hydrogen) atoms. The summed E-state index contributed by atoms with van der Waals surface area (Å²) in [5, 5.41) is 4.51. The smallest absolute Gasteiger partial charge is 0.284 e. The molecule has 1 aromatic carbocycles. The summed E-state index contributed by atoms with van der Waals surface area (Å²) in [6.07, 6.45) is 2.76.